The second kappa shape index (κ2) is 14.0. The summed E-state index contributed by atoms with van der Waals surface area (Å²) in [4.78, 5) is 29.9. The third kappa shape index (κ3) is 6.52. The highest BCUT2D eigenvalue weighted by Crippen LogP contribution is 2.38. The van der Waals surface area contributed by atoms with Gasteiger partial charge in [0.1, 0.15) is 11.3 Å². The molecule has 5 aromatic rings. The smallest absolute Gasteiger partial charge is 0.372 e. The molecule has 1 aliphatic rings. The van der Waals surface area contributed by atoms with Crippen LogP contribution < -0.4 is 9.21 Å². The topological polar surface area (TPSA) is 125 Å². The van der Waals surface area contributed by atoms with E-state index >= 15 is 0 Å². The van der Waals surface area contributed by atoms with E-state index in [0.29, 0.717) is 56.1 Å². The summed E-state index contributed by atoms with van der Waals surface area (Å²) >= 11 is 6.49. The van der Waals surface area contributed by atoms with Crippen LogP contribution in [-0.2, 0) is 29.5 Å². The Balaban J connectivity index is 1.48. The Morgan fingerprint density at radius 1 is 0.980 bits per heavy atom. The fraction of sp³-hybridized carbons (Fsp3) is 0.297. The highest BCUT2D eigenvalue weighted by Gasteiger charge is 2.32. The van der Waals surface area contributed by atoms with Crippen molar-refractivity contribution in [3.8, 4) is 0 Å². The number of rotatable bonds is 12. The number of carbonyl (C=O) groups excluding carboxylic acids is 1. The predicted octanol–water partition coefficient (Wildman–Crippen LogP) is 7.91. The van der Waals surface area contributed by atoms with Crippen LogP contribution in [0.5, 0.6) is 0 Å². The number of sulfonamides is 1. The van der Waals surface area contributed by atoms with E-state index in [1.807, 2.05) is 25.1 Å². The number of halogens is 1. The van der Waals surface area contributed by atoms with Crippen LogP contribution in [-0.4, -0.2) is 49.9 Å². The number of carbonyl (C=O) groups is 2. The minimum Gasteiger partial charge on any atom is -0.475 e. The van der Waals surface area contributed by atoms with Crippen LogP contribution in [0, 0.1) is 6.92 Å². The van der Waals surface area contributed by atoms with E-state index < -0.39 is 16.0 Å². The number of furan rings is 2. The van der Waals surface area contributed by atoms with Gasteiger partial charge in [0.05, 0.1) is 34.0 Å². The van der Waals surface area contributed by atoms with Crippen LogP contribution in [0.2, 0.25) is 5.02 Å². The lowest BCUT2D eigenvalue weighted by Crippen LogP contribution is -2.35. The molecular weight excluding hydrogens is 666 g/mol. The normalized spacial score (nSPS) is 13.3. The second-order valence-electron chi connectivity index (χ2n) is 12.0. The number of aromatic carboxylic acids is 1. The molecule has 0 saturated carbocycles. The molecule has 0 spiro atoms. The fourth-order valence-corrected chi connectivity index (χ4v) is 8.73. The number of carboxylic acid groups (broad SMARTS) is 1. The number of fused-ring (bicyclic) bond motifs is 1. The Morgan fingerprint density at radius 3 is 2.39 bits per heavy atom. The molecule has 1 fully saturated rings. The molecule has 1 aliphatic heterocycles. The summed E-state index contributed by atoms with van der Waals surface area (Å²) in [7, 11) is -4.20. The molecule has 10 nitrogen and oxygen atoms in total. The molecule has 3 aromatic carbocycles. The summed E-state index contributed by atoms with van der Waals surface area (Å²) in [6.45, 7) is 7.28. The van der Waals surface area contributed by atoms with Gasteiger partial charge in [-0.15, -0.1) is 0 Å². The van der Waals surface area contributed by atoms with E-state index in [0.717, 1.165) is 31.6 Å². The number of benzene rings is 3. The van der Waals surface area contributed by atoms with Gasteiger partial charge in [-0.05, 0) is 98.8 Å². The average molecular weight is 704 g/mol. The van der Waals surface area contributed by atoms with Crippen LogP contribution in [0.1, 0.15) is 70.1 Å². The standard InChI is InChI=1S/C37H38ClN3O7S/c1-4-28-33(17-16-32-34(28)24(3)35(48-32)37(43)44)49(45,46)41(5-2)31-15-14-26(39-18-8-9-19-39)21-25(31)22-40(23-27-11-10-20-47-27)36(42)29-12-6-7-13-30(29)38/h6-7,10-17,20-21H,4-5,8-9,18-19,22-23H2,1-3H3,(H,43,44). The zero-order valence-electron chi connectivity index (χ0n) is 27.6. The Kier molecular flexibility index (Phi) is 9.76. The van der Waals surface area contributed by atoms with E-state index in [1.54, 1.807) is 61.4 Å². The van der Waals surface area contributed by atoms with Gasteiger partial charge in [-0.3, -0.25) is 9.10 Å². The van der Waals surface area contributed by atoms with Crippen molar-refractivity contribution in [3.05, 3.63) is 112 Å². The molecule has 49 heavy (non-hydrogen) atoms. The van der Waals surface area contributed by atoms with Crippen LogP contribution in [0.15, 0.2) is 86.7 Å². The van der Waals surface area contributed by atoms with Crippen LogP contribution in [0.3, 0.4) is 0 Å². The van der Waals surface area contributed by atoms with Gasteiger partial charge in [0.25, 0.3) is 15.9 Å². The van der Waals surface area contributed by atoms with E-state index in [1.165, 1.54) is 16.4 Å². The first-order valence-electron chi connectivity index (χ1n) is 16.3. The number of hydrogen-bond acceptors (Lipinski definition) is 7. The zero-order chi connectivity index (χ0) is 34.9. The van der Waals surface area contributed by atoms with Crippen molar-refractivity contribution < 1.29 is 31.9 Å². The van der Waals surface area contributed by atoms with Gasteiger partial charge < -0.3 is 23.7 Å². The number of nitrogens with zero attached hydrogens (tertiary/aromatic N) is 3. The summed E-state index contributed by atoms with van der Waals surface area (Å²) in [5.74, 6) is -1.20. The largest absolute Gasteiger partial charge is 0.475 e. The molecule has 6 rings (SSSR count). The third-order valence-corrected chi connectivity index (χ3v) is 11.3. The number of aryl methyl sites for hydroxylation is 2. The highest BCUT2D eigenvalue weighted by atomic mass is 35.5. The molecule has 0 aliphatic carbocycles. The van der Waals surface area contributed by atoms with Crippen molar-refractivity contribution >= 4 is 55.8 Å². The molecule has 1 saturated heterocycles. The van der Waals surface area contributed by atoms with E-state index in [2.05, 4.69) is 4.90 Å². The van der Waals surface area contributed by atoms with Crippen molar-refractivity contribution in [2.75, 3.05) is 28.8 Å². The van der Waals surface area contributed by atoms with Gasteiger partial charge in [-0.1, -0.05) is 30.7 Å². The van der Waals surface area contributed by atoms with E-state index in [-0.39, 0.29) is 36.2 Å². The summed E-state index contributed by atoms with van der Waals surface area (Å²) in [5.41, 5.74) is 3.50. The quantitative estimate of drug-likeness (QED) is 0.139. The van der Waals surface area contributed by atoms with Crippen LogP contribution in [0.25, 0.3) is 11.0 Å². The summed E-state index contributed by atoms with van der Waals surface area (Å²) in [5, 5.41) is 10.5. The summed E-state index contributed by atoms with van der Waals surface area (Å²) in [6.07, 6.45) is 3.98. The van der Waals surface area contributed by atoms with Gasteiger partial charge >= 0.3 is 5.97 Å². The van der Waals surface area contributed by atoms with Crippen LogP contribution >= 0.6 is 11.6 Å². The predicted molar refractivity (Wildman–Crippen MR) is 189 cm³/mol. The van der Waals surface area contributed by atoms with Crippen molar-refractivity contribution in [3.63, 3.8) is 0 Å². The maximum Gasteiger partial charge on any atom is 0.372 e. The Hall–Kier alpha value is -4.74. The number of hydrogen-bond donors (Lipinski definition) is 1. The molecule has 256 valence electrons. The summed E-state index contributed by atoms with van der Waals surface area (Å²) < 4.78 is 42.1. The number of anilines is 2. The number of carboxylic acids is 1. The first kappa shape index (κ1) is 34.1. The SMILES string of the molecule is CCc1c(S(=O)(=O)N(CC)c2ccc(N3CCCC3)cc2CN(Cc2ccco2)C(=O)c2ccccc2Cl)ccc2oc(C(=O)O)c(C)c12. The molecule has 0 unspecified atom stereocenters. The lowest BCUT2D eigenvalue weighted by atomic mass is 10.0. The minimum atomic E-state index is -4.20. The van der Waals surface area contributed by atoms with E-state index in [9.17, 15) is 23.1 Å². The highest BCUT2D eigenvalue weighted by molar-refractivity contribution is 7.93. The van der Waals surface area contributed by atoms with E-state index in [4.69, 9.17) is 20.4 Å². The van der Waals surface area contributed by atoms with Crippen molar-refractivity contribution in [1.29, 1.82) is 0 Å². The lowest BCUT2D eigenvalue weighted by molar-refractivity contribution is 0.0662. The Bertz CT molecular complexity index is 2120. The maximum absolute atomic E-state index is 14.7. The first-order valence-corrected chi connectivity index (χ1v) is 18.1. The molecule has 0 bridgehead atoms. The second-order valence-corrected chi connectivity index (χ2v) is 14.3. The lowest BCUT2D eigenvalue weighted by Gasteiger charge is -2.30. The molecule has 0 radical (unpaired) electrons. The summed E-state index contributed by atoms with van der Waals surface area (Å²) in [6, 6.07) is 19.1. The molecule has 1 amide bonds. The average Bonchev–Trinajstić information content (AvgIpc) is 3.87. The van der Waals surface area contributed by atoms with Crippen molar-refractivity contribution in [1.82, 2.24) is 4.90 Å². The maximum atomic E-state index is 14.7. The first-order chi connectivity index (χ1) is 23.5. The molecular formula is C37H38ClN3O7S. The Morgan fingerprint density at radius 2 is 1.73 bits per heavy atom. The molecule has 12 heteroatoms. The van der Waals surface area contributed by atoms with Gasteiger partial charge in [-0.25, -0.2) is 13.2 Å². The molecule has 0 atom stereocenters. The van der Waals surface area contributed by atoms with Gasteiger partial charge in [0, 0.05) is 42.8 Å². The molecule has 1 N–H and O–H groups in total. The van der Waals surface area contributed by atoms with Crippen LogP contribution in [0.4, 0.5) is 11.4 Å². The number of amides is 1. The molecule has 2 aromatic heterocycles. The minimum absolute atomic E-state index is 0.0657. The van der Waals surface area contributed by atoms with Gasteiger partial charge in [-0.2, -0.15) is 0 Å². The fourth-order valence-electron chi connectivity index (χ4n) is 6.70. The third-order valence-electron chi connectivity index (χ3n) is 9.04. The molecule has 3 heterocycles. The zero-order valence-corrected chi connectivity index (χ0v) is 29.2. The van der Waals surface area contributed by atoms with Gasteiger partial charge in [0.15, 0.2) is 0 Å². The van der Waals surface area contributed by atoms with Gasteiger partial charge in [0.2, 0.25) is 5.76 Å². The van der Waals surface area contributed by atoms with Crippen molar-refractivity contribution in [2.24, 2.45) is 0 Å². The van der Waals surface area contributed by atoms with Crippen molar-refractivity contribution in [2.45, 2.75) is 58.0 Å². The Labute approximate surface area is 290 Å². The monoisotopic (exact) mass is 703 g/mol.